The van der Waals surface area contributed by atoms with Crippen molar-refractivity contribution in [3.05, 3.63) is 442 Å². The Morgan fingerprint density at radius 2 is 0.462 bits per heavy atom. The summed E-state index contributed by atoms with van der Waals surface area (Å²) in [6.45, 7) is 8.27. The maximum Gasteiger partial charge on any atom is 0.494 e. The molecule has 14 nitrogen and oxygen atoms in total. The Hall–Kier alpha value is -16.4. The number of aromatic nitrogens is 12. The summed E-state index contributed by atoms with van der Waals surface area (Å²) in [5, 5.41) is 5.28. The van der Waals surface area contributed by atoms with Crippen molar-refractivity contribution in [2.45, 2.75) is 38.9 Å². The number of nitrogens with zero attached hydrogens (tertiary/aromatic N) is 12. The molecule has 0 atom stereocenters. The molecule has 0 radical (unpaired) electrons. The summed E-state index contributed by atoms with van der Waals surface area (Å²) in [5.74, 6) is 5.08. The van der Waals surface area contributed by atoms with Gasteiger partial charge >= 0.3 is 7.12 Å². The molecule has 7 heterocycles. The van der Waals surface area contributed by atoms with Gasteiger partial charge in [-0.3, -0.25) is 0 Å². The van der Waals surface area contributed by atoms with E-state index in [0.717, 1.165) is 150 Å². The number of benzene rings is 16. The summed E-state index contributed by atoms with van der Waals surface area (Å²) in [5.41, 5.74) is 24.3. The van der Waals surface area contributed by atoms with Crippen molar-refractivity contribution in [3.8, 4) is 159 Å². The molecule has 0 bridgehead atoms. The predicted molar refractivity (Wildman–Crippen MR) is 537 cm³/mol. The Bertz CT molecular complexity index is 7810. The second kappa shape index (κ2) is 36.0. The van der Waals surface area contributed by atoms with Gasteiger partial charge in [-0.05, 0) is 147 Å². The minimum atomic E-state index is -0.380. The molecule has 1 aliphatic rings. The molecule has 0 aliphatic carbocycles. The number of halogens is 1. The standard InChI is InChI=1S/C55H36N6.C33H21ClN4.C28H27BN2O2/c1-5-16-38(17-6-1)48-36-49(57-52(56-48)40-18-7-2-8-19-40)39-30-28-37(29-31-39)42-22-15-23-43(34-42)54-58-53(41-20-9-3-10-21-41)59-55(60-54)44-32-33-51-47(35-44)46-26-13-14-27-50(46)61(51)45-24-11-4-12-25-45;34-25-13-9-12-23(20-25)32-35-31(22-10-3-1-4-11-22)36-33(37-32)24-18-19-30-28(21-24)27-16-7-8-17-29(27)38(30)26-14-5-2-6-15-26;1-27(2)28(3,4)33-29(32-27)23-17-15-21(16-18-23)25-19-24(20-11-7-5-8-12-20)30-26(31-25)22-13-9-6-10-14-22/h1-36H;1-21H;5-19H,1-4H3. The molecular weight excluding hydrogens is 1640 g/mol. The minimum absolute atomic E-state index is 0.363. The maximum atomic E-state index is 6.31. The molecule has 0 N–H and O–H groups in total. The fourth-order valence-corrected chi connectivity index (χ4v) is 17.1. The van der Waals surface area contributed by atoms with Gasteiger partial charge in [-0.2, -0.15) is 0 Å². The SMILES string of the molecule is CC1(C)OB(c2ccc(-c3cc(-c4ccccc4)nc(-c4ccccc4)n3)cc2)OC1(C)C.Clc1cccc(-c2nc(-c3ccccc3)nc(-c3ccc4c(c3)c3ccccc3n4-c3ccccc3)n2)c1.c1ccc(-c2cc(-c3ccc(-c4cccc(-c5nc(-c6ccccc6)nc(-c6ccc7c(c6)c6ccccc6n7-c6ccccc6)n5)c4)cc3)nc(-c3ccccc3)n2)cc1. The summed E-state index contributed by atoms with van der Waals surface area (Å²) in [6, 6.07) is 149. The number of hydrogen-bond acceptors (Lipinski definition) is 12. The Balaban J connectivity index is 0.000000127. The molecule has 16 heteroatoms. The van der Waals surface area contributed by atoms with Crippen molar-refractivity contribution in [3.63, 3.8) is 0 Å². The lowest BCUT2D eigenvalue weighted by Gasteiger charge is -2.32. The molecule has 1 fully saturated rings. The second-order valence-electron chi connectivity index (χ2n) is 33.5. The third kappa shape index (κ3) is 17.0. The van der Waals surface area contributed by atoms with Crippen LogP contribution in [0.4, 0.5) is 0 Å². The van der Waals surface area contributed by atoms with Crippen LogP contribution in [0.2, 0.25) is 5.02 Å². The van der Waals surface area contributed by atoms with Crippen LogP contribution in [-0.4, -0.2) is 77.3 Å². The largest absolute Gasteiger partial charge is 0.494 e. The van der Waals surface area contributed by atoms with Gasteiger partial charge in [0.2, 0.25) is 0 Å². The van der Waals surface area contributed by atoms with Crippen molar-refractivity contribution >= 4 is 67.8 Å². The topological polar surface area (TPSA) is 157 Å². The lowest BCUT2D eigenvalue weighted by atomic mass is 9.79. The van der Waals surface area contributed by atoms with Crippen LogP contribution in [0.3, 0.4) is 0 Å². The zero-order valence-electron chi connectivity index (χ0n) is 72.7. The van der Waals surface area contributed by atoms with Crippen LogP contribution in [-0.2, 0) is 9.31 Å². The summed E-state index contributed by atoms with van der Waals surface area (Å²) < 4.78 is 17.0. The van der Waals surface area contributed by atoms with E-state index in [0.29, 0.717) is 51.6 Å². The normalized spacial score (nSPS) is 12.6. The highest BCUT2D eigenvalue weighted by atomic mass is 35.5. The molecule has 0 amide bonds. The molecule has 0 unspecified atom stereocenters. The van der Waals surface area contributed by atoms with E-state index in [1.165, 1.54) is 10.8 Å². The fourth-order valence-electron chi connectivity index (χ4n) is 16.9. The Labute approximate surface area is 770 Å². The number of hydrogen-bond donors (Lipinski definition) is 0. The summed E-state index contributed by atoms with van der Waals surface area (Å²) in [4.78, 5) is 49.7. The number of rotatable bonds is 16. The highest BCUT2D eigenvalue weighted by Gasteiger charge is 2.51. The fraction of sp³-hybridized carbons (Fsp3) is 0.0517. The van der Waals surface area contributed by atoms with Crippen molar-refractivity contribution in [2.24, 2.45) is 0 Å². The van der Waals surface area contributed by atoms with E-state index in [9.17, 15) is 0 Å². The minimum Gasteiger partial charge on any atom is -0.399 e. The van der Waals surface area contributed by atoms with E-state index in [-0.39, 0.29) is 18.3 Å². The van der Waals surface area contributed by atoms with Crippen LogP contribution in [0.25, 0.3) is 202 Å². The molecule has 6 aromatic heterocycles. The number of fused-ring (bicyclic) bond motifs is 6. The van der Waals surface area contributed by atoms with E-state index >= 15 is 0 Å². The second-order valence-corrected chi connectivity index (χ2v) is 33.9. The summed E-state index contributed by atoms with van der Waals surface area (Å²) in [6.07, 6.45) is 0. The highest BCUT2D eigenvalue weighted by molar-refractivity contribution is 6.62. The Morgan fingerprint density at radius 3 is 0.833 bits per heavy atom. The molecule has 22 aromatic rings. The van der Waals surface area contributed by atoms with Gasteiger partial charge < -0.3 is 18.4 Å². The van der Waals surface area contributed by atoms with Gasteiger partial charge in [0.25, 0.3) is 0 Å². The van der Waals surface area contributed by atoms with Crippen LogP contribution >= 0.6 is 11.6 Å². The zero-order valence-corrected chi connectivity index (χ0v) is 73.5. The van der Waals surface area contributed by atoms with Gasteiger partial charge in [-0.1, -0.05) is 345 Å². The molecule has 132 heavy (non-hydrogen) atoms. The average molecular weight is 1720 g/mol. The van der Waals surface area contributed by atoms with Crippen LogP contribution in [0.1, 0.15) is 27.7 Å². The lowest BCUT2D eigenvalue weighted by Crippen LogP contribution is -2.41. The third-order valence-electron chi connectivity index (χ3n) is 24.3. The summed E-state index contributed by atoms with van der Waals surface area (Å²) >= 11 is 6.31. The molecule has 23 rings (SSSR count). The summed E-state index contributed by atoms with van der Waals surface area (Å²) in [7, 11) is -0.380. The van der Waals surface area contributed by atoms with Gasteiger partial charge in [-0.15, -0.1) is 0 Å². The first-order valence-corrected chi connectivity index (χ1v) is 44.4. The van der Waals surface area contributed by atoms with Crippen molar-refractivity contribution in [1.29, 1.82) is 0 Å². The Morgan fingerprint density at radius 1 is 0.205 bits per heavy atom. The molecule has 630 valence electrons. The van der Waals surface area contributed by atoms with Gasteiger partial charge in [-0.25, -0.2) is 49.8 Å². The van der Waals surface area contributed by atoms with Crippen LogP contribution in [0.5, 0.6) is 0 Å². The molecule has 1 aliphatic heterocycles. The van der Waals surface area contributed by atoms with Gasteiger partial charge in [0.1, 0.15) is 0 Å². The van der Waals surface area contributed by atoms with E-state index in [2.05, 4.69) is 273 Å². The Kier molecular flexibility index (Phi) is 22.5. The average Bonchev–Trinajstić information content (AvgIpc) is 1.58. The number of para-hydroxylation sites is 4. The molecule has 0 saturated carbocycles. The monoisotopic (exact) mass is 1720 g/mol. The van der Waals surface area contributed by atoms with E-state index in [1.807, 2.05) is 200 Å². The van der Waals surface area contributed by atoms with Gasteiger partial charge in [0.15, 0.2) is 46.6 Å². The molecular formula is C116H84BClN12O2. The van der Waals surface area contributed by atoms with Gasteiger partial charge in [0, 0.05) is 105 Å². The first-order valence-electron chi connectivity index (χ1n) is 44.0. The quantitative estimate of drug-likeness (QED) is 0.0845. The van der Waals surface area contributed by atoms with E-state index in [4.69, 9.17) is 70.7 Å². The van der Waals surface area contributed by atoms with Crippen LogP contribution < -0.4 is 5.46 Å². The predicted octanol–water partition coefficient (Wildman–Crippen LogP) is 27.8. The van der Waals surface area contributed by atoms with Crippen molar-refractivity contribution < 1.29 is 9.31 Å². The van der Waals surface area contributed by atoms with Crippen molar-refractivity contribution in [2.75, 3.05) is 0 Å². The van der Waals surface area contributed by atoms with E-state index in [1.54, 1.807) is 0 Å². The third-order valence-corrected chi connectivity index (χ3v) is 24.6. The first-order chi connectivity index (χ1) is 64.8. The molecule has 16 aromatic carbocycles. The van der Waals surface area contributed by atoms with Gasteiger partial charge in [0.05, 0.1) is 56.0 Å². The first kappa shape index (κ1) is 82.5. The smallest absolute Gasteiger partial charge is 0.399 e. The zero-order chi connectivity index (χ0) is 89.1. The lowest BCUT2D eigenvalue weighted by molar-refractivity contribution is 0.00578. The molecule has 1 saturated heterocycles. The van der Waals surface area contributed by atoms with E-state index < -0.39 is 0 Å². The van der Waals surface area contributed by atoms with Crippen LogP contribution in [0, 0.1) is 0 Å². The van der Waals surface area contributed by atoms with Crippen molar-refractivity contribution in [1.82, 2.24) is 59.0 Å². The highest BCUT2D eigenvalue weighted by Crippen LogP contribution is 2.42. The molecule has 0 spiro atoms. The maximum absolute atomic E-state index is 6.31. The van der Waals surface area contributed by atoms with Crippen LogP contribution in [0.15, 0.2) is 437 Å².